The van der Waals surface area contributed by atoms with Gasteiger partial charge in [0.15, 0.2) is 6.61 Å². The van der Waals surface area contributed by atoms with Crippen LogP contribution in [0, 0.1) is 19.7 Å². The summed E-state index contributed by atoms with van der Waals surface area (Å²) in [6, 6.07) is 7.01. The highest BCUT2D eigenvalue weighted by atomic mass is 19.1. The van der Waals surface area contributed by atoms with Crippen molar-refractivity contribution in [2.45, 2.75) is 13.8 Å². The van der Waals surface area contributed by atoms with Crippen LogP contribution in [0.2, 0.25) is 0 Å². The van der Waals surface area contributed by atoms with Gasteiger partial charge in [-0.3, -0.25) is 4.79 Å². The number of anilines is 1. The Balaban J connectivity index is 1.63. The molecule has 0 aliphatic heterocycles. The molecular weight excluding hydrogens is 329 g/mol. The molecule has 0 unspecified atom stereocenters. The van der Waals surface area contributed by atoms with E-state index in [1.54, 1.807) is 13.0 Å². The lowest BCUT2D eigenvalue weighted by Crippen LogP contribution is -2.21. The fourth-order valence-electron chi connectivity index (χ4n) is 2.18. The number of nitrogens with one attached hydrogen (secondary N) is 1. The third kappa shape index (κ3) is 3.77. The number of rotatable bonds is 4. The molecule has 0 fully saturated rings. The molecule has 0 saturated heterocycles. The van der Waals surface area contributed by atoms with E-state index in [9.17, 15) is 14.0 Å². The molecule has 2 heterocycles. The van der Waals surface area contributed by atoms with Crippen molar-refractivity contribution < 1.29 is 18.7 Å². The first-order chi connectivity index (χ1) is 11.9. The fourth-order valence-corrected chi connectivity index (χ4v) is 2.18. The first-order valence-electron chi connectivity index (χ1n) is 7.36. The van der Waals surface area contributed by atoms with E-state index in [-0.39, 0.29) is 11.6 Å². The van der Waals surface area contributed by atoms with Crippen LogP contribution < -0.4 is 5.32 Å². The van der Waals surface area contributed by atoms with Gasteiger partial charge in [-0.2, -0.15) is 4.98 Å². The van der Waals surface area contributed by atoms with E-state index in [1.165, 1.54) is 28.8 Å². The number of fused-ring (bicyclic) bond motifs is 1. The van der Waals surface area contributed by atoms with Crippen LogP contribution in [0.3, 0.4) is 0 Å². The van der Waals surface area contributed by atoms with E-state index < -0.39 is 24.3 Å². The van der Waals surface area contributed by atoms with Gasteiger partial charge in [0.1, 0.15) is 5.82 Å². The smallest absolute Gasteiger partial charge is 0.378 e. The minimum Gasteiger partial charge on any atom is -0.450 e. The third-order valence-electron chi connectivity index (χ3n) is 3.26. The summed E-state index contributed by atoms with van der Waals surface area (Å²) < 4.78 is 19.1. The van der Waals surface area contributed by atoms with Crippen LogP contribution in [-0.4, -0.2) is 38.1 Å². The van der Waals surface area contributed by atoms with Gasteiger partial charge in [-0.1, -0.05) is 0 Å². The largest absolute Gasteiger partial charge is 0.450 e. The van der Waals surface area contributed by atoms with Crippen molar-refractivity contribution in [2.24, 2.45) is 0 Å². The molecule has 1 amide bonds. The molecule has 0 aliphatic carbocycles. The second kappa shape index (κ2) is 6.63. The summed E-state index contributed by atoms with van der Waals surface area (Å²) in [5.74, 6) is -1.72. The zero-order valence-electron chi connectivity index (χ0n) is 13.5. The number of benzene rings is 1. The van der Waals surface area contributed by atoms with Crippen molar-refractivity contribution in [1.82, 2.24) is 19.6 Å². The number of aromatic nitrogens is 4. The van der Waals surface area contributed by atoms with Crippen molar-refractivity contribution in [3.63, 3.8) is 0 Å². The number of ether oxygens (including phenoxy) is 1. The topological polar surface area (TPSA) is 98.5 Å². The normalized spacial score (nSPS) is 10.7. The number of halogens is 1. The van der Waals surface area contributed by atoms with Crippen LogP contribution in [0.15, 0.2) is 30.3 Å². The predicted molar refractivity (Wildman–Crippen MR) is 85.6 cm³/mol. The molecule has 3 rings (SSSR count). The van der Waals surface area contributed by atoms with Gasteiger partial charge >= 0.3 is 5.97 Å². The highest BCUT2D eigenvalue weighted by Crippen LogP contribution is 2.09. The Hall–Kier alpha value is -3.36. The van der Waals surface area contributed by atoms with E-state index in [4.69, 9.17) is 4.74 Å². The van der Waals surface area contributed by atoms with Crippen LogP contribution in [0.4, 0.5) is 10.1 Å². The van der Waals surface area contributed by atoms with Crippen molar-refractivity contribution in [1.29, 1.82) is 0 Å². The van der Waals surface area contributed by atoms with Gasteiger partial charge in [0.2, 0.25) is 0 Å². The molecule has 0 bridgehead atoms. The molecule has 0 atom stereocenters. The second-order valence-electron chi connectivity index (χ2n) is 5.32. The van der Waals surface area contributed by atoms with Crippen molar-refractivity contribution in [3.8, 4) is 0 Å². The number of hydrogen-bond donors (Lipinski definition) is 1. The molecule has 1 aromatic carbocycles. The van der Waals surface area contributed by atoms with Gasteiger partial charge in [-0.05, 0) is 44.2 Å². The number of nitrogens with zero attached hydrogens (tertiary/aromatic N) is 4. The van der Waals surface area contributed by atoms with Gasteiger partial charge in [-0.15, -0.1) is 5.10 Å². The van der Waals surface area contributed by atoms with Gasteiger partial charge in [0.05, 0.1) is 0 Å². The Bertz CT molecular complexity index is 952. The Morgan fingerprint density at radius 3 is 2.64 bits per heavy atom. The average molecular weight is 343 g/mol. The molecule has 0 aliphatic rings. The molecule has 8 nitrogen and oxygen atoms in total. The Morgan fingerprint density at radius 1 is 1.20 bits per heavy atom. The molecule has 0 saturated carbocycles. The summed E-state index contributed by atoms with van der Waals surface area (Å²) in [6.07, 6.45) is 0. The van der Waals surface area contributed by atoms with Crippen LogP contribution in [0.1, 0.15) is 22.0 Å². The molecule has 128 valence electrons. The summed E-state index contributed by atoms with van der Waals surface area (Å²) in [5.41, 5.74) is 1.91. The van der Waals surface area contributed by atoms with Crippen LogP contribution >= 0.6 is 0 Å². The zero-order valence-corrected chi connectivity index (χ0v) is 13.5. The maximum Gasteiger partial charge on any atom is 0.378 e. The van der Waals surface area contributed by atoms with Gasteiger partial charge in [0, 0.05) is 17.1 Å². The highest BCUT2D eigenvalue weighted by Gasteiger charge is 2.17. The van der Waals surface area contributed by atoms with Gasteiger partial charge in [-0.25, -0.2) is 18.7 Å². The quantitative estimate of drug-likeness (QED) is 0.724. The molecule has 9 heteroatoms. The molecular formula is C16H14FN5O3. The monoisotopic (exact) mass is 343 g/mol. The summed E-state index contributed by atoms with van der Waals surface area (Å²) >= 11 is 0. The molecule has 0 radical (unpaired) electrons. The van der Waals surface area contributed by atoms with Crippen molar-refractivity contribution >= 4 is 23.3 Å². The van der Waals surface area contributed by atoms with E-state index in [2.05, 4.69) is 20.4 Å². The maximum atomic E-state index is 12.8. The minimum absolute atomic E-state index is 0.184. The Morgan fingerprint density at radius 2 is 1.92 bits per heavy atom. The Labute approximate surface area is 141 Å². The second-order valence-corrected chi connectivity index (χ2v) is 5.32. The summed E-state index contributed by atoms with van der Waals surface area (Å²) in [7, 11) is 0. The van der Waals surface area contributed by atoms with E-state index in [0.29, 0.717) is 5.69 Å². The molecule has 2 aromatic heterocycles. The lowest BCUT2D eigenvalue weighted by molar-refractivity contribution is -0.119. The van der Waals surface area contributed by atoms with Crippen LogP contribution in [-0.2, 0) is 9.53 Å². The molecule has 3 aromatic rings. The SMILES string of the molecule is Cc1cc(C)n2nc(C(=O)OCC(=O)Nc3ccc(F)cc3)nc2n1. The molecule has 25 heavy (non-hydrogen) atoms. The number of aryl methyl sites for hydroxylation is 2. The summed E-state index contributed by atoms with van der Waals surface area (Å²) in [4.78, 5) is 31.9. The van der Waals surface area contributed by atoms with E-state index >= 15 is 0 Å². The average Bonchev–Trinajstić information content (AvgIpc) is 2.99. The number of carbonyl (C=O) groups is 2. The lowest BCUT2D eigenvalue weighted by Gasteiger charge is -2.05. The fraction of sp³-hybridized carbons (Fsp3) is 0.188. The van der Waals surface area contributed by atoms with Crippen LogP contribution in [0.25, 0.3) is 5.78 Å². The van der Waals surface area contributed by atoms with Crippen molar-refractivity contribution in [3.05, 3.63) is 53.4 Å². The molecule has 0 spiro atoms. The van der Waals surface area contributed by atoms with E-state index in [1.807, 2.05) is 6.92 Å². The highest BCUT2D eigenvalue weighted by molar-refractivity contribution is 5.94. The zero-order chi connectivity index (χ0) is 18.0. The minimum atomic E-state index is -0.836. The Kier molecular flexibility index (Phi) is 4.38. The first kappa shape index (κ1) is 16.5. The summed E-state index contributed by atoms with van der Waals surface area (Å²) in [5, 5.41) is 6.50. The standard InChI is InChI=1S/C16H14FN5O3/c1-9-7-10(2)22-16(18-9)20-14(21-22)15(24)25-8-13(23)19-12-5-3-11(17)4-6-12/h3-7H,8H2,1-2H3,(H,19,23). The maximum absolute atomic E-state index is 12.8. The third-order valence-corrected chi connectivity index (χ3v) is 3.26. The molecule has 1 N–H and O–H groups in total. The number of esters is 1. The van der Waals surface area contributed by atoms with E-state index in [0.717, 1.165) is 11.4 Å². The number of amides is 1. The van der Waals surface area contributed by atoms with Crippen molar-refractivity contribution in [2.75, 3.05) is 11.9 Å². The predicted octanol–water partition coefficient (Wildman–Crippen LogP) is 1.68. The first-order valence-corrected chi connectivity index (χ1v) is 7.36. The summed E-state index contributed by atoms with van der Waals surface area (Å²) in [6.45, 7) is 3.10. The van der Waals surface area contributed by atoms with Gasteiger partial charge in [0.25, 0.3) is 17.5 Å². The number of carbonyl (C=O) groups excluding carboxylic acids is 2. The lowest BCUT2D eigenvalue weighted by atomic mass is 10.3. The van der Waals surface area contributed by atoms with Crippen LogP contribution in [0.5, 0.6) is 0 Å². The number of hydrogen-bond acceptors (Lipinski definition) is 6. The van der Waals surface area contributed by atoms with Gasteiger partial charge < -0.3 is 10.1 Å².